The molecule has 0 radical (unpaired) electrons. The van der Waals surface area contributed by atoms with E-state index in [2.05, 4.69) is 0 Å². The number of carboxylic acid groups (broad SMARTS) is 2. The fourth-order valence-electron chi connectivity index (χ4n) is 0.421. The zero-order valence-corrected chi connectivity index (χ0v) is 5.61. The average molecular weight is 166 g/mol. The first-order chi connectivity index (χ1) is 5.54. The molecule has 0 heterocycles. The van der Waals surface area contributed by atoms with Crippen LogP contribution < -0.4 is 0 Å². The van der Waals surface area contributed by atoms with Gasteiger partial charge in [0.2, 0.25) is 0 Å². The van der Waals surface area contributed by atoms with Gasteiger partial charge in [0, 0.05) is 0 Å². The molecular formula is C6H2N2O4. The molecule has 0 rings (SSSR count). The summed E-state index contributed by atoms with van der Waals surface area (Å²) in [6.45, 7) is 0. The van der Waals surface area contributed by atoms with E-state index < -0.39 is 23.1 Å². The lowest BCUT2D eigenvalue weighted by Crippen LogP contribution is -2.08. The van der Waals surface area contributed by atoms with Gasteiger partial charge < -0.3 is 10.2 Å². The Morgan fingerprint density at radius 2 is 1.17 bits per heavy atom. The van der Waals surface area contributed by atoms with Gasteiger partial charge >= 0.3 is 11.9 Å². The maximum Gasteiger partial charge on any atom is 0.348 e. The monoisotopic (exact) mass is 166 g/mol. The Morgan fingerprint density at radius 3 is 1.25 bits per heavy atom. The van der Waals surface area contributed by atoms with Crippen molar-refractivity contribution in [2.45, 2.75) is 0 Å². The zero-order valence-electron chi connectivity index (χ0n) is 5.61. The van der Waals surface area contributed by atoms with E-state index in [-0.39, 0.29) is 0 Å². The van der Waals surface area contributed by atoms with Crippen LogP contribution in [0.2, 0.25) is 0 Å². The van der Waals surface area contributed by atoms with Crippen LogP contribution in [-0.4, -0.2) is 22.2 Å². The maximum atomic E-state index is 10.1. The molecular weight excluding hydrogens is 164 g/mol. The third-order valence-corrected chi connectivity index (χ3v) is 0.901. The van der Waals surface area contributed by atoms with Crippen LogP contribution in [0.3, 0.4) is 0 Å². The lowest BCUT2D eigenvalue weighted by molar-refractivity contribution is -0.135. The van der Waals surface area contributed by atoms with E-state index in [9.17, 15) is 9.59 Å². The quantitative estimate of drug-likeness (QED) is 0.421. The highest BCUT2D eigenvalue weighted by Crippen LogP contribution is 2.02. The molecule has 0 saturated carbocycles. The van der Waals surface area contributed by atoms with Crippen molar-refractivity contribution in [1.82, 2.24) is 0 Å². The summed E-state index contributed by atoms with van der Waals surface area (Å²) in [6, 6.07) is 2.22. The lowest BCUT2D eigenvalue weighted by atomic mass is 10.1. The third kappa shape index (κ3) is 1.82. The van der Waals surface area contributed by atoms with Crippen LogP contribution in [0.15, 0.2) is 11.1 Å². The maximum absolute atomic E-state index is 10.1. The lowest BCUT2D eigenvalue weighted by Gasteiger charge is -1.90. The second kappa shape index (κ2) is 3.74. The molecule has 0 aromatic carbocycles. The van der Waals surface area contributed by atoms with Crippen LogP contribution in [0.4, 0.5) is 0 Å². The molecule has 2 N–H and O–H groups in total. The highest BCUT2D eigenvalue weighted by molar-refractivity contribution is 6.04. The molecule has 6 nitrogen and oxygen atoms in total. The molecule has 0 saturated heterocycles. The van der Waals surface area contributed by atoms with E-state index in [0.29, 0.717) is 0 Å². The van der Waals surface area contributed by atoms with Crippen molar-refractivity contribution in [1.29, 1.82) is 10.5 Å². The van der Waals surface area contributed by atoms with Gasteiger partial charge in [-0.2, -0.15) is 10.5 Å². The van der Waals surface area contributed by atoms with Crippen molar-refractivity contribution >= 4 is 11.9 Å². The van der Waals surface area contributed by atoms with Gasteiger partial charge in [0.05, 0.1) is 0 Å². The first-order valence-corrected chi connectivity index (χ1v) is 2.55. The molecule has 0 amide bonds. The third-order valence-electron chi connectivity index (χ3n) is 0.901. The molecule has 0 fully saturated rings. The zero-order chi connectivity index (χ0) is 9.72. The molecule has 0 atom stereocenters. The summed E-state index contributed by atoms with van der Waals surface area (Å²) < 4.78 is 0. The van der Waals surface area contributed by atoms with Crippen molar-refractivity contribution in [3.8, 4) is 12.1 Å². The minimum atomic E-state index is -1.73. The smallest absolute Gasteiger partial charge is 0.348 e. The van der Waals surface area contributed by atoms with Gasteiger partial charge in [-0.3, -0.25) is 0 Å². The number of carboxylic acids is 2. The minimum Gasteiger partial charge on any atom is -0.477 e. The van der Waals surface area contributed by atoms with Crippen LogP contribution in [0.25, 0.3) is 0 Å². The van der Waals surface area contributed by atoms with E-state index >= 15 is 0 Å². The van der Waals surface area contributed by atoms with Gasteiger partial charge in [-0.05, 0) is 0 Å². The SMILES string of the molecule is N#C/C(C(=O)O)=C(/C#N)C(=O)O. The number of nitriles is 2. The number of carbonyl (C=O) groups is 2. The molecule has 60 valence electrons. The largest absolute Gasteiger partial charge is 0.477 e. The van der Waals surface area contributed by atoms with Crippen LogP contribution >= 0.6 is 0 Å². The van der Waals surface area contributed by atoms with Gasteiger partial charge in [-0.15, -0.1) is 0 Å². The molecule has 0 aliphatic rings. The van der Waals surface area contributed by atoms with E-state index in [1.165, 1.54) is 0 Å². The van der Waals surface area contributed by atoms with E-state index in [4.69, 9.17) is 20.7 Å². The van der Waals surface area contributed by atoms with Crippen LogP contribution in [0, 0.1) is 22.7 Å². The van der Waals surface area contributed by atoms with Crippen molar-refractivity contribution in [2.75, 3.05) is 0 Å². The normalized spacial score (nSPS) is 10.5. The highest BCUT2D eigenvalue weighted by atomic mass is 16.4. The Kier molecular flexibility index (Phi) is 3.01. The molecule has 6 heteroatoms. The molecule has 0 aromatic heterocycles. The number of nitrogens with zero attached hydrogens (tertiary/aromatic N) is 2. The standard InChI is InChI=1S/C6H2N2O4/c7-1-3(5(9)10)4(2-8)6(11)12/h(H,9,10)(H,11,12)/b4-3+. The van der Waals surface area contributed by atoms with Gasteiger partial charge in [0.1, 0.15) is 12.1 Å². The fourth-order valence-corrected chi connectivity index (χ4v) is 0.421. The van der Waals surface area contributed by atoms with E-state index in [1.54, 1.807) is 0 Å². The first kappa shape index (κ1) is 9.66. The van der Waals surface area contributed by atoms with Crippen molar-refractivity contribution in [3.05, 3.63) is 11.1 Å². The summed E-state index contributed by atoms with van der Waals surface area (Å²) in [6.07, 6.45) is 0. The molecule has 0 aromatic rings. The van der Waals surface area contributed by atoms with Crippen LogP contribution in [0.1, 0.15) is 0 Å². The number of rotatable bonds is 2. The highest BCUT2D eigenvalue weighted by Gasteiger charge is 2.19. The molecule has 0 bridgehead atoms. The van der Waals surface area contributed by atoms with Gasteiger partial charge in [0.15, 0.2) is 11.1 Å². The minimum absolute atomic E-state index is 1.06. The number of aliphatic carboxylic acids is 2. The van der Waals surface area contributed by atoms with E-state index in [0.717, 1.165) is 12.1 Å². The summed E-state index contributed by atoms with van der Waals surface area (Å²) in [7, 11) is 0. The molecule has 0 aliphatic carbocycles. The fraction of sp³-hybridized carbons (Fsp3) is 0. The Hall–Kier alpha value is -2.34. The molecule has 12 heavy (non-hydrogen) atoms. The van der Waals surface area contributed by atoms with Crippen LogP contribution in [-0.2, 0) is 9.59 Å². The van der Waals surface area contributed by atoms with Gasteiger partial charge in [-0.25, -0.2) is 9.59 Å². The second-order valence-electron chi connectivity index (χ2n) is 1.58. The summed E-state index contributed by atoms with van der Waals surface area (Å²) in [5.41, 5.74) is -2.13. The predicted molar refractivity (Wildman–Crippen MR) is 33.5 cm³/mol. The topological polar surface area (TPSA) is 122 Å². The Bertz CT molecular complexity index is 308. The molecule has 0 unspecified atom stereocenters. The van der Waals surface area contributed by atoms with Gasteiger partial charge in [-0.1, -0.05) is 0 Å². The Balaban J connectivity index is 5.40. The first-order valence-electron chi connectivity index (χ1n) is 2.55. The van der Waals surface area contributed by atoms with E-state index in [1.807, 2.05) is 0 Å². The van der Waals surface area contributed by atoms with Crippen molar-refractivity contribution in [3.63, 3.8) is 0 Å². The predicted octanol–water partition coefficient (Wildman–Crippen LogP) is -0.501. The number of hydrogen-bond donors (Lipinski definition) is 2. The summed E-state index contributed by atoms with van der Waals surface area (Å²) in [4.78, 5) is 20.3. The van der Waals surface area contributed by atoms with Gasteiger partial charge in [0.25, 0.3) is 0 Å². The van der Waals surface area contributed by atoms with Crippen LogP contribution in [0.5, 0.6) is 0 Å². The Labute approximate surface area is 66.6 Å². The average Bonchev–Trinajstić information content (AvgIpc) is 1.98. The summed E-state index contributed by atoms with van der Waals surface area (Å²) >= 11 is 0. The van der Waals surface area contributed by atoms with Crippen molar-refractivity contribution in [2.24, 2.45) is 0 Å². The molecule has 0 spiro atoms. The summed E-state index contributed by atoms with van der Waals surface area (Å²) in [5, 5.41) is 32.7. The number of hydrogen-bond acceptors (Lipinski definition) is 4. The Morgan fingerprint density at radius 1 is 0.917 bits per heavy atom. The van der Waals surface area contributed by atoms with Crippen molar-refractivity contribution < 1.29 is 19.8 Å². The summed E-state index contributed by atoms with van der Waals surface area (Å²) in [5.74, 6) is -3.45. The molecule has 0 aliphatic heterocycles. The second-order valence-corrected chi connectivity index (χ2v) is 1.58.